The number of para-hydroxylation sites is 1. The summed E-state index contributed by atoms with van der Waals surface area (Å²) in [6.07, 6.45) is 1.42. The number of amides is 2. The number of carbonyl (C=O) groups is 2. The lowest BCUT2D eigenvalue weighted by Crippen LogP contribution is -2.20. The van der Waals surface area contributed by atoms with Gasteiger partial charge in [-0.05, 0) is 77.0 Å². The van der Waals surface area contributed by atoms with Crippen LogP contribution in [0.5, 0.6) is 11.5 Å². The third-order valence-electron chi connectivity index (χ3n) is 4.59. The van der Waals surface area contributed by atoms with Crippen molar-refractivity contribution in [1.82, 2.24) is 0 Å². The zero-order valence-electron chi connectivity index (χ0n) is 19.0. The van der Waals surface area contributed by atoms with E-state index in [2.05, 4.69) is 26.6 Å². The van der Waals surface area contributed by atoms with Crippen LogP contribution in [-0.2, 0) is 9.59 Å². The number of nitrogens with one attached hydrogen (secondary N) is 2. The second-order valence-corrected chi connectivity index (χ2v) is 8.91. The van der Waals surface area contributed by atoms with Crippen molar-refractivity contribution in [3.63, 3.8) is 0 Å². The molecule has 7 nitrogen and oxygen atoms in total. The van der Waals surface area contributed by atoms with Gasteiger partial charge in [0.1, 0.15) is 11.6 Å². The van der Waals surface area contributed by atoms with Gasteiger partial charge >= 0.3 is 0 Å². The third kappa shape index (κ3) is 7.49. The van der Waals surface area contributed by atoms with Crippen LogP contribution < -0.4 is 20.1 Å². The van der Waals surface area contributed by atoms with Gasteiger partial charge in [-0.15, -0.1) is 0 Å². The van der Waals surface area contributed by atoms with Crippen LogP contribution in [0.1, 0.15) is 12.5 Å². The summed E-state index contributed by atoms with van der Waals surface area (Å²) in [6.45, 7) is 1.82. The number of carbonyl (C=O) groups excluding carboxylic acids is 2. The van der Waals surface area contributed by atoms with Gasteiger partial charge in [-0.2, -0.15) is 5.26 Å². The zero-order chi connectivity index (χ0) is 26.1. The molecule has 0 aliphatic carbocycles. The number of ether oxygens (including phenoxy) is 2. The van der Waals surface area contributed by atoms with E-state index in [1.54, 1.807) is 67.6 Å². The Balaban J connectivity index is 1.78. The minimum atomic E-state index is -0.592. The minimum absolute atomic E-state index is 0.128. The van der Waals surface area contributed by atoms with Crippen LogP contribution in [0.15, 0.2) is 70.7 Å². The molecule has 0 radical (unpaired) electrons. The van der Waals surface area contributed by atoms with Crippen LogP contribution in [0.25, 0.3) is 6.08 Å². The smallest absolute Gasteiger partial charge is 0.266 e. The van der Waals surface area contributed by atoms with Crippen LogP contribution in [0.3, 0.4) is 0 Å². The Labute approximate surface area is 226 Å². The zero-order valence-corrected chi connectivity index (χ0v) is 22.1. The summed E-state index contributed by atoms with van der Waals surface area (Å²) < 4.78 is 11.9. The molecule has 0 heterocycles. The summed E-state index contributed by atoms with van der Waals surface area (Å²) in [5, 5.41) is 15.7. The number of halogens is 3. The fourth-order valence-corrected chi connectivity index (χ4v) is 3.99. The van der Waals surface area contributed by atoms with Gasteiger partial charge in [0.15, 0.2) is 18.1 Å². The maximum atomic E-state index is 12.6. The van der Waals surface area contributed by atoms with E-state index < -0.39 is 11.8 Å². The van der Waals surface area contributed by atoms with Crippen LogP contribution in [-0.4, -0.2) is 25.0 Å². The number of hydrogen-bond acceptors (Lipinski definition) is 5. The average Bonchev–Trinajstić information content (AvgIpc) is 2.83. The van der Waals surface area contributed by atoms with Gasteiger partial charge in [-0.3, -0.25) is 9.59 Å². The first-order valence-corrected chi connectivity index (χ1v) is 12.2. The predicted octanol–water partition coefficient (Wildman–Crippen LogP) is 6.72. The van der Waals surface area contributed by atoms with E-state index in [-0.39, 0.29) is 12.2 Å². The lowest BCUT2D eigenvalue weighted by atomic mass is 10.1. The van der Waals surface area contributed by atoms with Crippen LogP contribution in [0.2, 0.25) is 10.0 Å². The number of benzene rings is 3. The SMILES string of the molecule is CCOc1cc(/C=C(/C#N)C(=O)Nc2cccc(Cl)c2)cc(Br)c1OCC(=O)Nc1ccccc1Cl. The minimum Gasteiger partial charge on any atom is -0.490 e. The highest BCUT2D eigenvalue weighted by atomic mass is 79.9. The van der Waals surface area contributed by atoms with E-state index in [0.717, 1.165) is 0 Å². The summed E-state index contributed by atoms with van der Waals surface area (Å²) in [5.41, 5.74) is 1.31. The van der Waals surface area contributed by atoms with Gasteiger partial charge in [-0.1, -0.05) is 41.4 Å². The molecule has 0 aliphatic heterocycles. The second kappa shape index (κ2) is 13.0. The molecule has 10 heteroatoms. The molecule has 2 N–H and O–H groups in total. The molecular weight excluding hydrogens is 569 g/mol. The van der Waals surface area contributed by atoms with Crippen LogP contribution >= 0.6 is 39.1 Å². The van der Waals surface area contributed by atoms with E-state index in [4.69, 9.17) is 32.7 Å². The average molecular weight is 589 g/mol. The molecule has 0 fully saturated rings. The lowest BCUT2D eigenvalue weighted by molar-refractivity contribution is -0.118. The van der Waals surface area contributed by atoms with Gasteiger partial charge < -0.3 is 20.1 Å². The summed E-state index contributed by atoms with van der Waals surface area (Å²) in [5.74, 6) is -0.377. The quantitative estimate of drug-likeness (QED) is 0.213. The molecule has 0 spiro atoms. The molecule has 0 saturated carbocycles. The highest BCUT2D eigenvalue weighted by molar-refractivity contribution is 9.10. The Kier molecular flexibility index (Phi) is 9.77. The van der Waals surface area contributed by atoms with Gasteiger partial charge in [-0.25, -0.2) is 0 Å². The highest BCUT2D eigenvalue weighted by Crippen LogP contribution is 2.37. The Morgan fingerprint density at radius 3 is 2.53 bits per heavy atom. The Hall–Kier alpha value is -3.51. The molecule has 0 aliphatic rings. The van der Waals surface area contributed by atoms with Crippen molar-refractivity contribution in [2.75, 3.05) is 23.8 Å². The summed E-state index contributed by atoms with van der Waals surface area (Å²) >= 11 is 15.4. The molecule has 3 aromatic carbocycles. The lowest BCUT2D eigenvalue weighted by Gasteiger charge is -2.15. The number of hydrogen-bond donors (Lipinski definition) is 2. The first-order valence-electron chi connectivity index (χ1n) is 10.6. The first-order chi connectivity index (χ1) is 17.3. The summed E-state index contributed by atoms with van der Waals surface area (Å²) in [7, 11) is 0. The molecule has 0 atom stereocenters. The second-order valence-electron chi connectivity index (χ2n) is 7.21. The van der Waals surface area contributed by atoms with Crippen molar-refractivity contribution in [2.24, 2.45) is 0 Å². The van der Waals surface area contributed by atoms with Crippen LogP contribution in [0, 0.1) is 11.3 Å². The van der Waals surface area contributed by atoms with Crippen molar-refractivity contribution in [2.45, 2.75) is 6.92 Å². The van der Waals surface area contributed by atoms with Gasteiger partial charge in [0.2, 0.25) is 0 Å². The molecule has 184 valence electrons. The van der Waals surface area contributed by atoms with Crippen molar-refractivity contribution < 1.29 is 19.1 Å². The number of nitriles is 1. The van der Waals surface area contributed by atoms with E-state index >= 15 is 0 Å². The fourth-order valence-electron chi connectivity index (χ4n) is 3.04. The molecule has 3 aromatic rings. The van der Waals surface area contributed by atoms with Crippen molar-refractivity contribution in [3.8, 4) is 17.6 Å². The maximum Gasteiger partial charge on any atom is 0.266 e. The van der Waals surface area contributed by atoms with E-state index in [1.165, 1.54) is 6.08 Å². The molecular formula is C26H20BrCl2N3O4. The molecule has 0 unspecified atom stereocenters. The van der Waals surface area contributed by atoms with Crippen LogP contribution in [0.4, 0.5) is 11.4 Å². The molecule has 36 heavy (non-hydrogen) atoms. The Morgan fingerprint density at radius 2 is 1.83 bits per heavy atom. The predicted molar refractivity (Wildman–Crippen MR) is 145 cm³/mol. The van der Waals surface area contributed by atoms with Crippen molar-refractivity contribution in [1.29, 1.82) is 5.26 Å². The molecule has 0 bridgehead atoms. The summed E-state index contributed by atoms with van der Waals surface area (Å²) in [6, 6.07) is 18.6. The third-order valence-corrected chi connectivity index (χ3v) is 5.74. The summed E-state index contributed by atoms with van der Waals surface area (Å²) in [4.78, 5) is 25.0. The molecule has 0 saturated heterocycles. The maximum absolute atomic E-state index is 12.6. The standard InChI is InChI=1S/C26H20BrCl2N3O4/c1-2-35-23-12-16(10-17(14-30)26(34)31-19-7-5-6-18(28)13-19)11-20(27)25(23)36-15-24(33)32-22-9-4-3-8-21(22)29/h3-13H,2,15H2,1H3,(H,31,34)(H,32,33)/b17-10-. The normalized spacial score (nSPS) is 10.8. The van der Waals surface area contributed by atoms with E-state index in [9.17, 15) is 14.9 Å². The Morgan fingerprint density at radius 1 is 1.06 bits per heavy atom. The van der Waals surface area contributed by atoms with E-state index in [1.807, 2.05) is 6.07 Å². The topological polar surface area (TPSA) is 100 Å². The van der Waals surface area contributed by atoms with E-state index in [0.29, 0.717) is 49.6 Å². The number of nitrogens with zero attached hydrogens (tertiary/aromatic N) is 1. The number of anilines is 2. The monoisotopic (exact) mass is 587 g/mol. The van der Waals surface area contributed by atoms with Gasteiger partial charge in [0.05, 0.1) is 21.8 Å². The fraction of sp³-hybridized carbons (Fsp3) is 0.115. The van der Waals surface area contributed by atoms with Crippen molar-refractivity contribution in [3.05, 3.63) is 86.3 Å². The number of rotatable bonds is 9. The van der Waals surface area contributed by atoms with Gasteiger partial charge in [0.25, 0.3) is 11.8 Å². The molecule has 0 aromatic heterocycles. The Bertz CT molecular complexity index is 1360. The van der Waals surface area contributed by atoms with Crippen molar-refractivity contribution >= 4 is 68.4 Å². The first kappa shape index (κ1) is 27.1. The van der Waals surface area contributed by atoms with Gasteiger partial charge in [0, 0.05) is 10.7 Å². The largest absolute Gasteiger partial charge is 0.490 e. The molecule has 3 rings (SSSR count). The molecule has 2 amide bonds. The highest BCUT2D eigenvalue weighted by Gasteiger charge is 2.16.